The molecule has 0 aliphatic rings. The van der Waals surface area contributed by atoms with Crippen LogP contribution in [-0.2, 0) is 4.65 Å². The molecule has 0 saturated heterocycles. The fourth-order valence-electron chi connectivity index (χ4n) is 0.567. The average molecular weight is 115 g/mol. The highest BCUT2D eigenvalue weighted by atomic mass is 16.5. The summed E-state index contributed by atoms with van der Waals surface area (Å²) >= 11 is 0. The van der Waals surface area contributed by atoms with Crippen molar-refractivity contribution in [3.63, 3.8) is 0 Å². The first kappa shape index (κ1) is 7.98. The van der Waals surface area contributed by atoms with Crippen LogP contribution in [0.4, 0.5) is 0 Å². The third-order valence-electron chi connectivity index (χ3n) is 1.16. The van der Waals surface area contributed by atoms with E-state index in [4.69, 9.17) is 9.68 Å². The van der Waals surface area contributed by atoms with Gasteiger partial charge in [-0.2, -0.15) is 0 Å². The van der Waals surface area contributed by atoms with E-state index in [1.165, 1.54) is 0 Å². The molecule has 0 saturated carbocycles. The summed E-state index contributed by atoms with van der Waals surface area (Å²) in [6, 6.07) is 0. The van der Waals surface area contributed by atoms with Crippen LogP contribution < -0.4 is 0 Å². The van der Waals surface area contributed by atoms with Gasteiger partial charge >= 0.3 is 7.69 Å². The summed E-state index contributed by atoms with van der Waals surface area (Å²) in [6.07, 6.45) is 2.10. The summed E-state index contributed by atoms with van der Waals surface area (Å²) in [5.74, 6) is 0. The molecule has 0 aromatic rings. The molecule has 0 fully saturated rings. The summed E-state index contributed by atoms with van der Waals surface area (Å²) < 4.78 is 4.77. The lowest BCUT2D eigenvalue weighted by molar-refractivity contribution is 0.174. The fourth-order valence-corrected chi connectivity index (χ4v) is 0.567. The van der Waals surface area contributed by atoms with Crippen LogP contribution in [0.2, 0.25) is 0 Å². The maximum Gasteiger partial charge on any atom is 0.485 e. The Morgan fingerprint density at radius 1 is 1.50 bits per heavy atom. The minimum atomic E-state index is 0.194. The molecule has 8 heavy (non-hydrogen) atoms. The van der Waals surface area contributed by atoms with Gasteiger partial charge in [-0.05, 0) is 12.8 Å². The van der Waals surface area contributed by atoms with Gasteiger partial charge in [-0.25, -0.2) is 0 Å². The summed E-state index contributed by atoms with van der Waals surface area (Å²) in [4.78, 5) is 0. The molecule has 0 atom stereocenters. The molecule has 0 aromatic carbocycles. The van der Waals surface area contributed by atoms with E-state index >= 15 is 0 Å². The summed E-state index contributed by atoms with van der Waals surface area (Å²) in [5, 5.41) is 8.15. The molecule has 0 aliphatic carbocycles. The van der Waals surface area contributed by atoms with Gasteiger partial charge in [-0.3, -0.25) is 0 Å². The van der Waals surface area contributed by atoms with Gasteiger partial charge in [0, 0.05) is 6.10 Å². The SMILES string of the molecule is CCC(CC)O[B]O. The molecule has 47 valence electrons. The van der Waals surface area contributed by atoms with Crippen LogP contribution in [-0.4, -0.2) is 18.8 Å². The summed E-state index contributed by atoms with van der Waals surface area (Å²) in [7, 11) is 0.762. The smallest absolute Gasteiger partial charge is 0.429 e. The quantitative estimate of drug-likeness (QED) is 0.547. The van der Waals surface area contributed by atoms with Gasteiger partial charge in [0.1, 0.15) is 0 Å². The van der Waals surface area contributed by atoms with E-state index in [-0.39, 0.29) is 6.10 Å². The van der Waals surface area contributed by atoms with Crippen LogP contribution in [0.15, 0.2) is 0 Å². The first-order valence-corrected chi connectivity index (χ1v) is 2.96. The predicted octanol–water partition coefficient (Wildman–Crippen LogP) is 0.718. The van der Waals surface area contributed by atoms with E-state index in [1.54, 1.807) is 0 Å². The van der Waals surface area contributed by atoms with Crippen LogP contribution in [0, 0.1) is 0 Å². The summed E-state index contributed by atoms with van der Waals surface area (Å²) in [5.41, 5.74) is 0. The molecule has 2 nitrogen and oxygen atoms in total. The van der Waals surface area contributed by atoms with Gasteiger partial charge in [-0.1, -0.05) is 13.8 Å². The highest BCUT2D eigenvalue weighted by Gasteiger charge is 2.00. The van der Waals surface area contributed by atoms with Gasteiger partial charge in [0.2, 0.25) is 0 Å². The number of hydrogen-bond acceptors (Lipinski definition) is 2. The lowest BCUT2D eigenvalue weighted by Gasteiger charge is -2.09. The second-order valence-corrected chi connectivity index (χ2v) is 1.68. The first-order chi connectivity index (χ1) is 3.85. The Labute approximate surface area is 51.2 Å². The Balaban J connectivity index is 3.07. The Morgan fingerprint density at radius 3 is 2.12 bits per heavy atom. The van der Waals surface area contributed by atoms with Crippen molar-refractivity contribution in [2.24, 2.45) is 0 Å². The Bertz CT molecular complexity index is 45.7. The molecule has 0 aromatic heterocycles. The van der Waals surface area contributed by atoms with Crippen molar-refractivity contribution in [1.29, 1.82) is 0 Å². The minimum Gasteiger partial charge on any atom is -0.429 e. The third-order valence-corrected chi connectivity index (χ3v) is 1.16. The van der Waals surface area contributed by atoms with E-state index in [2.05, 4.69) is 0 Å². The van der Waals surface area contributed by atoms with E-state index in [9.17, 15) is 0 Å². The predicted molar refractivity (Wildman–Crippen MR) is 33.4 cm³/mol. The Kier molecular flexibility index (Phi) is 5.12. The molecular formula is C5H12BO2. The summed E-state index contributed by atoms with van der Waals surface area (Å²) in [6.45, 7) is 4.05. The van der Waals surface area contributed by atoms with Crippen molar-refractivity contribution >= 4 is 7.69 Å². The van der Waals surface area contributed by atoms with E-state index < -0.39 is 0 Å². The van der Waals surface area contributed by atoms with Crippen LogP contribution >= 0.6 is 0 Å². The zero-order valence-electron chi connectivity index (χ0n) is 5.42. The van der Waals surface area contributed by atoms with Crippen molar-refractivity contribution in [3.05, 3.63) is 0 Å². The van der Waals surface area contributed by atoms with Crippen LogP contribution in [0.1, 0.15) is 26.7 Å². The highest BCUT2D eigenvalue weighted by Crippen LogP contribution is 1.99. The zero-order chi connectivity index (χ0) is 6.41. The Morgan fingerprint density at radius 2 is 2.00 bits per heavy atom. The lowest BCUT2D eigenvalue weighted by atomic mass is 10.2. The third kappa shape index (κ3) is 3.05. The Hall–Kier alpha value is -0.0151. The van der Waals surface area contributed by atoms with E-state index in [0.29, 0.717) is 0 Å². The van der Waals surface area contributed by atoms with Crippen molar-refractivity contribution < 1.29 is 9.68 Å². The van der Waals surface area contributed by atoms with Crippen molar-refractivity contribution in [3.8, 4) is 0 Å². The molecule has 1 N–H and O–H groups in total. The van der Waals surface area contributed by atoms with Crippen molar-refractivity contribution in [2.75, 3.05) is 0 Å². The van der Waals surface area contributed by atoms with E-state index in [0.717, 1.165) is 20.5 Å². The molecule has 1 radical (unpaired) electrons. The molecular weight excluding hydrogens is 103 g/mol. The average Bonchev–Trinajstić information content (AvgIpc) is 1.83. The van der Waals surface area contributed by atoms with Gasteiger partial charge in [0.15, 0.2) is 0 Å². The largest absolute Gasteiger partial charge is 0.485 e. The monoisotopic (exact) mass is 115 g/mol. The van der Waals surface area contributed by atoms with Crippen LogP contribution in [0.3, 0.4) is 0 Å². The van der Waals surface area contributed by atoms with Gasteiger partial charge in [0.05, 0.1) is 0 Å². The minimum absolute atomic E-state index is 0.194. The highest BCUT2D eigenvalue weighted by molar-refractivity contribution is 6.15. The molecule has 0 bridgehead atoms. The lowest BCUT2D eigenvalue weighted by Crippen LogP contribution is -2.12. The van der Waals surface area contributed by atoms with Crippen molar-refractivity contribution in [2.45, 2.75) is 32.8 Å². The van der Waals surface area contributed by atoms with Gasteiger partial charge in [0.25, 0.3) is 0 Å². The fraction of sp³-hybridized carbons (Fsp3) is 1.00. The zero-order valence-corrected chi connectivity index (χ0v) is 5.42. The number of hydrogen-bond donors (Lipinski definition) is 1. The topological polar surface area (TPSA) is 29.5 Å². The molecule has 0 rings (SSSR count). The standard InChI is InChI=1S/C5H12BO2/c1-3-5(4-2)8-6-7/h5,7H,3-4H2,1-2H3. The van der Waals surface area contributed by atoms with Gasteiger partial charge in [-0.15, -0.1) is 0 Å². The normalized spacial score (nSPS) is 10.0. The van der Waals surface area contributed by atoms with Gasteiger partial charge < -0.3 is 9.68 Å². The van der Waals surface area contributed by atoms with Crippen LogP contribution in [0.5, 0.6) is 0 Å². The van der Waals surface area contributed by atoms with Crippen molar-refractivity contribution in [1.82, 2.24) is 0 Å². The maximum atomic E-state index is 8.15. The molecule has 0 aliphatic heterocycles. The second-order valence-electron chi connectivity index (χ2n) is 1.68. The molecule has 0 amide bonds. The first-order valence-electron chi connectivity index (χ1n) is 2.96. The molecule has 0 unspecified atom stereocenters. The van der Waals surface area contributed by atoms with E-state index in [1.807, 2.05) is 13.8 Å². The molecule has 3 heteroatoms. The second kappa shape index (κ2) is 5.13. The van der Waals surface area contributed by atoms with Crippen LogP contribution in [0.25, 0.3) is 0 Å². The maximum absolute atomic E-state index is 8.15. The molecule has 0 spiro atoms. The number of rotatable bonds is 4. The molecule has 0 heterocycles.